The van der Waals surface area contributed by atoms with Crippen LogP contribution in [0.15, 0.2) is 35.0 Å². The van der Waals surface area contributed by atoms with Crippen molar-refractivity contribution in [3.63, 3.8) is 0 Å². The van der Waals surface area contributed by atoms with E-state index in [1.807, 2.05) is 42.9 Å². The molecule has 1 heterocycles. The SMILES string of the molecule is C[N+](C)=CC1=C(Cl)N(c2ccccc2Cl)CC1. The summed E-state index contributed by atoms with van der Waals surface area (Å²) in [7, 11) is 3.99. The molecule has 0 spiro atoms. The Balaban J connectivity index is 2.35. The van der Waals surface area contributed by atoms with Gasteiger partial charge in [0.05, 0.1) is 16.3 Å². The van der Waals surface area contributed by atoms with Crippen LogP contribution in [0.1, 0.15) is 6.42 Å². The molecule has 1 aliphatic rings. The summed E-state index contributed by atoms with van der Waals surface area (Å²) in [5.41, 5.74) is 2.12. The van der Waals surface area contributed by atoms with Crippen LogP contribution in [-0.4, -0.2) is 31.4 Å². The van der Waals surface area contributed by atoms with Crippen LogP contribution in [0.4, 0.5) is 5.69 Å². The predicted octanol–water partition coefficient (Wildman–Crippen LogP) is 3.34. The zero-order valence-electron chi connectivity index (χ0n) is 9.95. The Morgan fingerprint density at radius 3 is 2.59 bits per heavy atom. The predicted molar refractivity (Wildman–Crippen MR) is 74.5 cm³/mol. The summed E-state index contributed by atoms with van der Waals surface area (Å²) in [6.07, 6.45) is 3.00. The minimum atomic E-state index is 0.733. The average molecular weight is 270 g/mol. The van der Waals surface area contributed by atoms with Gasteiger partial charge in [0, 0.05) is 6.54 Å². The van der Waals surface area contributed by atoms with E-state index in [4.69, 9.17) is 23.2 Å². The Kier molecular flexibility index (Phi) is 3.75. The van der Waals surface area contributed by atoms with E-state index in [0.717, 1.165) is 34.4 Å². The molecular weight excluding hydrogens is 255 g/mol. The van der Waals surface area contributed by atoms with Gasteiger partial charge in [-0.3, -0.25) is 0 Å². The van der Waals surface area contributed by atoms with Crippen LogP contribution in [0.2, 0.25) is 5.02 Å². The number of hydrogen-bond acceptors (Lipinski definition) is 1. The van der Waals surface area contributed by atoms with Crippen LogP contribution < -0.4 is 4.90 Å². The van der Waals surface area contributed by atoms with Crippen LogP contribution in [0.3, 0.4) is 0 Å². The molecule has 0 saturated heterocycles. The van der Waals surface area contributed by atoms with E-state index < -0.39 is 0 Å². The first-order valence-electron chi connectivity index (χ1n) is 5.51. The first kappa shape index (κ1) is 12.5. The third-order valence-corrected chi connectivity index (χ3v) is 3.43. The van der Waals surface area contributed by atoms with Crippen molar-refractivity contribution in [3.8, 4) is 0 Å². The van der Waals surface area contributed by atoms with E-state index in [9.17, 15) is 0 Å². The van der Waals surface area contributed by atoms with Gasteiger partial charge in [-0.15, -0.1) is 0 Å². The fraction of sp³-hybridized carbons (Fsp3) is 0.308. The summed E-state index contributed by atoms with van der Waals surface area (Å²) in [6.45, 7) is 0.877. The van der Waals surface area contributed by atoms with E-state index in [-0.39, 0.29) is 0 Å². The van der Waals surface area contributed by atoms with Crippen LogP contribution in [0.5, 0.6) is 0 Å². The van der Waals surface area contributed by atoms with Crippen molar-refractivity contribution < 1.29 is 4.58 Å². The quantitative estimate of drug-likeness (QED) is 0.454. The van der Waals surface area contributed by atoms with Crippen LogP contribution in [0, 0.1) is 0 Å². The second-order valence-electron chi connectivity index (χ2n) is 4.26. The van der Waals surface area contributed by atoms with Crippen LogP contribution >= 0.6 is 23.2 Å². The number of para-hydroxylation sites is 1. The topological polar surface area (TPSA) is 6.25 Å². The molecule has 0 aliphatic carbocycles. The Hall–Kier alpha value is -0.990. The summed E-state index contributed by atoms with van der Waals surface area (Å²) in [6, 6.07) is 7.77. The summed E-state index contributed by atoms with van der Waals surface area (Å²) in [5.74, 6) is 0. The second kappa shape index (κ2) is 5.11. The van der Waals surface area contributed by atoms with E-state index in [0.29, 0.717) is 0 Å². The minimum absolute atomic E-state index is 0.733. The van der Waals surface area contributed by atoms with E-state index in [2.05, 4.69) is 11.1 Å². The number of rotatable bonds is 2. The Bertz CT molecular complexity index is 488. The zero-order valence-corrected chi connectivity index (χ0v) is 11.5. The van der Waals surface area contributed by atoms with Gasteiger partial charge in [0.25, 0.3) is 0 Å². The molecule has 0 aromatic heterocycles. The van der Waals surface area contributed by atoms with Gasteiger partial charge in [-0.1, -0.05) is 35.3 Å². The van der Waals surface area contributed by atoms with Crippen molar-refractivity contribution in [2.24, 2.45) is 0 Å². The van der Waals surface area contributed by atoms with Gasteiger partial charge >= 0.3 is 0 Å². The molecule has 1 aliphatic heterocycles. The maximum absolute atomic E-state index is 6.38. The smallest absolute Gasteiger partial charge is 0.169 e. The number of nitrogens with zero attached hydrogens (tertiary/aromatic N) is 2. The van der Waals surface area contributed by atoms with Gasteiger partial charge in [-0.05, 0) is 18.6 Å². The molecule has 0 fully saturated rings. The first-order chi connectivity index (χ1) is 8.09. The summed E-state index contributed by atoms with van der Waals surface area (Å²) in [4.78, 5) is 2.05. The van der Waals surface area contributed by atoms with Crippen LogP contribution in [0.25, 0.3) is 0 Å². The fourth-order valence-electron chi connectivity index (χ4n) is 1.93. The number of anilines is 1. The molecule has 0 saturated carbocycles. The van der Waals surface area contributed by atoms with Gasteiger partial charge in [0.15, 0.2) is 6.21 Å². The Labute approximate surface area is 112 Å². The van der Waals surface area contributed by atoms with Gasteiger partial charge in [0.2, 0.25) is 0 Å². The highest BCUT2D eigenvalue weighted by Gasteiger charge is 2.24. The number of benzene rings is 1. The third kappa shape index (κ3) is 2.64. The normalized spacial score (nSPS) is 15.4. The van der Waals surface area contributed by atoms with Gasteiger partial charge < -0.3 is 4.90 Å². The molecule has 2 nitrogen and oxygen atoms in total. The fourth-order valence-corrected chi connectivity index (χ4v) is 2.49. The van der Waals surface area contributed by atoms with Gasteiger partial charge in [-0.25, -0.2) is 4.58 Å². The molecule has 1 aromatic rings. The summed E-state index contributed by atoms with van der Waals surface area (Å²) in [5, 5.41) is 1.50. The minimum Gasteiger partial charge on any atom is -0.330 e. The standard InChI is InChI=1S/C13H15Cl2N2/c1-16(2)9-10-7-8-17(13(10)15)12-6-4-3-5-11(12)14/h3-6,9H,7-8H2,1-2H3/q+1. The highest BCUT2D eigenvalue weighted by atomic mass is 35.5. The van der Waals surface area contributed by atoms with E-state index >= 15 is 0 Å². The summed E-state index contributed by atoms with van der Waals surface area (Å²) >= 11 is 12.6. The lowest BCUT2D eigenvalue weighted by Crippen LogP contribution is -2.16. The molecule has 17 heavy (non-hydrogen) atoms. The molecule has 0 unspecified atom stereocenters. The van der Waals surface area contributed by atoms with Crippen molar-refractivity contribution >= 4 is 35.1 Å². The Morgan fingerprint density at radius 1 is 1.24 bits per heavy atom. The molecule has 2 rings (SSSR count). The highest BCUT2D eigenvalue weighted by molar-refractivity contribution is 6.36. The maximum atomic E-state index is 6.38. The largest absolute Gasteiger partial charge is 0.330 e. The Morgan fingerprint density at radius 2 is 1.94 bits per heavy atom. The summed E-state index contributed by atoms with van der Waals surface area (Å²) < 4.78 is 2.01. The zero-order chi connectivity index (χ0) is 12.4. The van der Waals surface area contributed by atoms with Crippen molar-refractivity contribution in [1.29, 1.82) is 0 Å². The lowest BCUT2D eigenvalue weighted by molar-refractivity contribution is -0.459. The maximum Gasteiger partial charge on any atom is 0.169 e. The lowest BCUT2D eigenvalue weighted by Gasteiger charge is -2.19. The molecule has 1 aromatic carbocycles. The third-order valence-electron chi connectivity index (χ3n) is 2.66. The molecule has 0 atom stereocenters. The lowest BCUT2D eigenvalue weighted by atomic mass is 10.2. The molecule has 0 bridgehead atoms. The molecule has 0 radical (unpaired) electrons. The van der Waals surface area contributed by atoms with Crippen molar-refractivity contribution in [3.05, 3.63) is 40.0 Å². The highest BCUT2D eigenvalue weighted by Crippen LogP contribution is 2.34. The average Bonchev–Trinajstić information content (AvgIpc) is 2.61. The van der Waals surface area contributed by atoms with E-state index in [1.165, 1.54) is 0 Å². The second-order valence-corrected chi connectivity index (χ2v) is 5.03. The van der Waals surface area contributed by atoms with Crippen molar-refractivity contribution in [2.75, 3.05) is 25.5 Å². The monoisotopic (exact) mass is 269 g/mol. The van der Waals surface area contributed by atoms with E-state index in [1.54, 1.807) is 0 Å². The van der Waals surface area contributed by atoms with Crippen molar-refractivity contribution in [2.45, 2.75) is 6.42 Å². The van der Waals surface area contributed by atoms with Gasteiger partial charge in [0.1, 0.15) is 19.3 Å². The molecule has 0 amide bonds. The number of hydrogen-bond donors (Lipinski definition) is 0. The van der Waals surface area contributed by atoms with Crippen LogP contribution in [-0.2, 0) is 0 Å². The first-order valence-corrected chi connectivity index (χ1v) is 6.27. The van der Waals surface area contributed by atoms with Crippen molar-refractivity contribution in [1.82, 2.24) is 0 Å². The van der Waals surface area contributed by atoms with Gasteiger partial charge in [-0.2, -0.15) is 0 Å². The molecule has 0 N–H and O–H groups in total. The molecule has 90 valence electrons. The molecule has 4 heteroatoms. The molecular formula is C13H15Cl2N2+. The number of halogens is 2.